The first-order chi connectivity index (χ1) is 18.1. The van der Waals surface area contributed by atoms with Crippen LogP contribution in [0.25, 0.3) is 27.7 Å². The summed E-state index contributed by atoms with van der Waals surface area (Å²) in [5.74, 6) is -0.207. The van der Waals surface area contributed by atoms with Crippen LogP contribution in [-0.2, 0) is 6.54 Å². The molecule has 0 saturated heterocycles. The van der Waals surface area contributed by atoms with Crippen LogP contribution in [0, 0.1) is 0 Å². The molecule has 0 aliphatic rings. The maximum Gasteiger partial charge on any atom is 0.280 e. The summed E-state index contributed by atoms with van der Waals surface area (Å²) >= 11 is 0. The fourth-order valence-corrected chi connectivity index (χ4v) is 4.36. The van der Waals surface area contributed by atoms with Crippen LogP contribution in [0.1, 0.15) is 28.0 Å². The second-order valence-electron chi connectivity index (χ2n) is 8.52. The summed E-state index contributed by atoms with van der Waals surface area (Å²) in [5, 5.41) is 13.5. The number of aromatic nitrogens is 5. The third kappa shape index (κ3) is 4.31. The van der Waals surface area contributed by atoms with Crippen LogP contribution in [-0.4, -0.2) is 30.3 Å². The summed E-state index contributed by atoms with van der Waals surface area (Å²) in [5.41, 5.74) is 1.86. The standard InChI is InChI=1S/C28H20F2N6O/c29-26(30)24-15-23(19-8-2-1-3-9-19)32-27-22(16-31-36(24)27)28(37)33-25-13-14-35(34-25)17-20-11-6-10-18-7-4-5-12-21(18)20/h1-16,26H,17H2,(H,33,34,37). The van der Waals surface area contributed by atoms with Gasteiger partial charge in [0.25, 0.3) is 12.3 Å². The van der Waals surface area contributed by atoms with Crippen LogP contribution in [0.4, 0.5) is 14.6 Å². The molecule has 0 radical (unpaired) electrons. The third-order valence-corrected chi connectivity index (χ3v) is 6.13. The summed E-state index contributed by atoms with van der Waals surface area (Å²) in [6.45, 7) is 0.522. The Kier molecular flexibility index (Phi) is 5.65. The maximum atomic E-state index is 13.8. The minimum Gasteiger partial charge on any atom is -0.305 e. The van der Waals surface area contributed by atoms with Crippen LogP contribution < -0.4 is 5.32 Å². The third-order valence-electron chi connectivity index (χ3n) is 6.13. The molecule has 7 nitrogen and oxygen atoms in total. The molecule has 3 heterocycles. The van der Waals surface area contributed by atoms with Gasteiger partial charge >= 0.3 is 0 Å². The van der Waals surface area contributed by atoms with Crippen LogP contribution in [0.2, 0.25) is 0 Å². The van der Waals surface area contributed by atoms with Crippen LogP contribution in [0.15, 0.2) is 97.3 Å². The Labute approximate surface area is 210 Å². The van der Waals surface area contributed by atoms with Crippen LogP contribution >= 0.6 is 0 Å². The van der Waals surface area contributed by atoms with E-state index in [9.17, 15) is 13.6 Å². The normalized spacial score (nSPS) is 11.4. The highest BCUT2D eigenvalue weighted by atomic mass is 19.3. The minimum atomic E-state index is -2.80. The van der Waals surface area contributed by atoms with Gasteiger partial charge in [-0.15, -0.1) is 0 Å². The van der Waals surface area contributed by atoms with Gasteiger partial charge < -0.3 is 5.32 Å². The highest BCUT2D eigenvalue weighted by Gasteiger charge is 2.22. The Bertz CT molecular complexity index is 1740. The molecule has 0 bridgehead atoms. The molecule has 0 saturated carbocycles. The number of alkyl halides is 2. The molecule has 6 aromatic rings. The van der Waals surface area contributed by atoms with Gasteiger partial charge in [-0.3, -0.25) is 9.48 Å². The Hall–Kier alpha value is -4.92. The highest BCUT2D eigenvalue weighted by Crippen LogP contribution is 2.27. The number of carbonyl (C=O) groups is 1. The molecule has 37 heavy (non-hydrogen) atoms. The lowest BCUT2D eigenvalue weighted by molar-refractivity contribution is 0.102. The van der Waals surface area contributed by atoms with Gasteiger partial charge in [0.1, 0.15) is 11.3 Å². The van der Waals surface area contributed by atoms with Gasteiger partial charge in [-0.2, -0.15) is 10.2 Å². The zero-order chi connectivity index (χ0) is 25.4. The molecule has 182 valence electrons. The Morgan fingerprint density at radius 1 is 0.946 bits per heavy atom. The average Bonchev–Trinajstić information content (AvgIpc) is 3.55. The zero-order valence-electron chi connectivity index (χ0n) is 19.4. The number of hydrogen-bond acceptors (Lipinski definition) is 4. The molecule has 0 aliphatic carbocycles. The van der Waals surface area contributed by atoms with Crippen molar-refractivity contribution >= 4 is 28.1 Å². The number of hydrogen-bond donors (Lipinski definition) is 1. The van der Waals surface area contributed by atoms with E-state index < -0.39 is 12.3 Å². The number of rotatable bonds is 6. The number of anilines is 1. The summed E-state index contributed by atoms with van der Waals surface area (Å²) in [6, 6.07) is 26.1. The first kappa shape index (κ1) is 22.5. The quantitative estimate of drug-likeness (QED) is 0.309. The smallest absolute Gasteiger partial charge is 0.280 e. The van der Waals surface area contributed by atoms with E-state index >= 15 is 0 Å². The summed E-state index contributed by atoms with van der Waals surface area (Å²) in [6.07, 6.45) is 0.216. The number of benzene rings is 3. The minimum absolute atomic E-state index is 0.0457. The molecule has 1 amide bonds. The lowest BCUT2D eigenvalue weighted by Gasteiger charge is -2.08. The Morgan fingerprint density at radius 2 is 1.73 bits per heavy atom. The van der Waals surface area contributed by atoms with E-state index in [-0.39, 0.29) is 16.9 Å². The molecular weight excluding hydrogens is 474 g/mol. The van der Waals surface area contributed by atoms with Crippen molar-refractivity contribution < 1.29 is 13.6 Å². The molecule has 0 atom stereocenters. The molecule has 0 aliphatic heterocycles. The van der Waals surface area contributed by atoms with Gasteiger partial charge in [-0.05, 0) is 22.4 Å². The monoisotopic (exact) mass is 494 g/mol. The number of nitrogens with zero attached hydrogens (tertiary/aromatic N) is 5. The second kappa shape index (κ2) is 9.27. The number of amides is 1. The zero-order valence-corrected chi connectivity index (χ0v) is 19.4. The van der Waals surface area contributed by atoms with Crippen molar-refractivity contribution in [3.05, 3.63) is 114 Å². The fraction of sp³-hybridized carbons (Fsp3) is 0.0714. The van der Waals surface area contributed by atoms with E-state index in [2.05, 4.69) is 38.7 Å². The molecule has 9 heteroatoms. The van der Waals surface area contributed by atoms with Gasteiger partial charge in [-0.1, -0.05) is 72.8 Å². The molecule has 0 fully saturated rings. The average molecular weight is 495 g/mol. The van der Waals surface area contributed by atoms with E-state index in [1.807, 2.05) is 30.3 Å². The Balaban J connectivity index is 1.29. The molecule has 0 unspecified atom stereocenters. The summed E-state index contributed by atoms with van der Waals surface area (Å²) in [4.78, 5) is 17.6. The number of carbonyl (C=O) groups excluding carboxylic acids is 1. The van der Waals surface area contributed by atoms with Crippen LogP contribution in [0.3, 0.4) is 0 Å². The predicted octanol–water partition coefficient (Wildman–Crippen LogP) is 5.98. The van der Waals surface area contributed by atoms with E-state index in [0.29, 0.717) is 23.6 Å². The van der Waals surface area contributed by atoms with Gasteiger partial charge in [0, 0.05) is 17.8 Å². The van der Waals surface area contributed by atoms with Gasteiger partial charge in [-0.25, -0.2) is 18.3 Å². The fourth-order valence-electron chi connectivity index (χ4n) is 4.36. The maximum absolute atomic E-state index is 13.8. The second-order valence-corrected chi connectivity index (χ2v) is 8.52. The van der Waals surface area contributed by atoms with Gasteiger partial charge in [0.15, 0.2) is 11.5 Å². The van der Waals surface area contributed by atoms with E-state index in [0.717, 1.165) is 20.9 Å². The van der Waals surface area contributed by atoms with E-state index in [4.69, 9.17) is 0 Å². The van der Waals surface area contributed by atoms with Crippen LogP contribution in [0.5, 0.6) is 0 Å². The molecule has 1 N–H and O–H groups in total. The van der Waals surface area contributed by atoms with Crippen molar-refractivity contribution in [2.24, 2.45) is 0 Å². The van der Waals surface area contributed by atoms with Gasteiger partial charge in [0.2, 0.25) is 0 Å². The van der Waals surface area contributed by atoms with Gasteiger partial charge in [0.05, 0.1) is 18.4 Å². The molecule has 3 aromatic heterocycles. The molecule has 3 aromatic carbocycles. The van der Waals surface area contributed by atoms with Crippen molar-refractivity contribution in [1.82, 2.24) is 24.4 Å². The van der Waals surface area contributed by atoms with Crippen molar-refractivity contribution in [2.75, 3.05) is 5.32 Å². The Morgan fingerprint density at radius 3 is 2.57 bits per heavy atom. The highest BCUT2D eigenvalue weighted by molar-refractivity contribution is 6.07. The number of halogens is 2. The summed E-state index contributed by atoms with van der Waals surface area (Å²) in [7, 11) is 0. The molecule has 0 spiro atoms. The SMILES string of the molecule is O=C(Nc1ccn(Cc2cccc3ccccc23)n1)c1cnn2c(C(F)F)cc(-c3ccccc3)nc12. The van der Waals surface area contributed by atoms with Crippen molar-refractivity contribution in [1.29, 1.82) is 0 Å². The molecular formula is C28H20F2N6O. The lowest BCUT2D eigenvalue weighted by Crippen LogP contribution is -2.13. The van der Waals surface area contributed by atoms with E-state index in [1.54, 1.807) is 41.2 Å². The van der Waals surface area contributed by atoms with Crippen molar-refractivity contribution in [3.8, 4) is 11.3 Å². The summed E-state index contributed by atoms with van der Waals surface area (Å²) < 4.78 is 30.4. The van der Waals surface area contributed by atoms with Crippen molar-refractivity contribution in [2.45, 2.75) is 13.0 Å². The predicted molar refractivity (Wildman–Crippen MR) is 137 cm³/mol. The number of nitrogens with one attached hydrogen (secondary N) is 1. The lowest BCUT2D eigenvalue weighted by atomic mass is 10.0. The first-order valence-corrected chi connectivity index (χ1v) is 11.6. The largest absolute Gasteiger partial charge is 0.305 e. The topological polar surface area (TPSA) is 77.1 Å². The van der Waals surface area contributed by atoms with Crippen molar-refractivity contribution in [3.63, 3.8) is 0 Å². The number of fused-ring (bicyclic) bond motifs is 2. The first-order valence-electron chi connectivity index (χ1n) is 11.6. The van der Waals surface area contributed by atoms with E-state index in [1.165, 1.54) is 12.3 Å². The molecule has 6 rings (SSSR count).